The number of rotatable bonds is 9. The fourth-order valence-electron chi connectivity index (χ4n) is 3.73. The van der Waals surface area contributed by atoms with Crippen molar-refractivity contribution in [3.8, 4) is 5.75 Å². The lowest BCUT2D eigenvalue weighted by molar-refractivity contribution is 0.0696. The molecular weight excluding hydrogens is 436 g/mol. The van der Waals surface area contributed by atoms with Crippen molar-refractivity contribution in [3.63, 3.8) is 0 Å². The number of carboxylic acid groups (broad SMARTS) is 1. The zero-order valence-corrected chi connectivity index (χ0v) is 19.0. The first kappa shape index (κ1) is 23.0. The average Bonchev–Trinajstić information content (AvgIpc) is 3.62. The Kier molecular flexibility index (Phi) is 6.62. The van der Waals surface area contributed by atoms with Crippen molar-refractivity contribution in [1.29, 1.82) is 0 Å². The molecule has 9 nitrogen and oxygen atoms in total. The first-order valence-electron chi connectivity index (χ1n) is 11.0. The summed E-state index contributed by atoms with van der Waals surface area (Å²) in [5.74, 6) is -0.754. The van der Waals surface area contributed by atoms with Gasteiger partial charge in [0.1, 0.15) is 11.4 Å². The Morgan fingerprint density at radius 1 is 1.06 bits per heavy atom. The third kappa shape index (κ3) is 5.09. The number of para-hydroxylation sites is 1. The Morgan fingerprint density at radius 3 is 2.41 bits per heavy atom. The lowest BCUT2D eigenvalue weighted by Gasteiger charge is -2.14. The molecule has 0 bridgehead atoms. The minimum absolute atomic E-state index is 0.182. The van der Waals surface area contributed by atoms with Crippen LogP contribution >= 0.6 is 0 Å². The zero-order valence-electron chi connectivity index (χ0n) is 19.0. The first-order valence-corrected chi connectivity index (χ1v) is 11.0. The molecule has 3 N–H and O–H groups in total. The van der Waals surface area contributed by atoms with Crippen LogP contribution in [0.4, 0.5) is 0 Å². The smallest absolute Gasteiger partial charge is 0.335 e. The van der Waals surface area contributed by atoms with Crippen molar-refractivity contribution in [2.24, 2.45) is 7.05 Å². The number of methoxy groups -OCH3 is 1. The maximum Gasteiger partial charge on any atom is 0.335 e. The highest BCUT2D eigenvalue weighted by Crippen LogP contribution is 2.39. The molecule has 4 rings (SSSR count). The molecular formula is C25H26N4O5. The molecule has 1 heterocycles. The van der Waals surface area contributed by atoms with Gasteiger partial charge in [-0.25, -0.2) is 4.79 Å². The number of aromatic nitrogens is 2. The lowest BCUT2D eigenvalue weighted by Crippen LogP contribution is -2.26. The summed E-state index contributed by atoms with van der Waals surface area (Å²) in [6.45, 7) is 0.413. The molecule has 0 unspecified atom stereocenters. The number of benzene rings is 2. The molecule has 0 radical (unpaired) electrons. The van der Waals surface area contributed by atoms with Crippen LogP contribution in [0.25, 0.3) is 0 Å². The van der Waals surface area contributed by atoms with Crippen molar-refractivity contribution >= 4 is 17.8 Å². The van der Waals surface area contributed by atoms with Gasteiger partial charge in [-0.2, -0.15) is 5.10 Å². The van der Waals surface area contributed by atoms with E-state index in [9.17, 15) is 14.4 Å². The number of carbonyl (C=O) groups is 3. The SMILES string of the molecule is COc1c(CNC(=O)c2cc(C3CC3)nn2C)cccc1C(=O)NCc1ccc(C(=O)O)cc1. The zero-order chi connectivity index (χ0) is 24.2. The Morgan fingerprint density at radius 2 is 1.76 bits per heavy atom. The van der Waals surface area contributed by atoms with Gasteiger partial charge in [0.2, 0.25) is 0 Å². The molecule has 0 atom stereocenters. The molecule has 0 saturated heterocycles. The third-order valence-corrected chi connectivity index (χ3v) is 5.77. The van der Waals surface area contributed by atoms with Crippen LogP contribution in [-0.2, 0) is 20.1 Å². The predicted molar refractivity (Wildman–Crippen MR) is 124 cm³/mol. The summed E-state index contributed by atoms with van der Waals surface area (Å²) in [5.41, 5.74) is 3.39. The Balaban J connectivity index is 1.41. The van der Waals surface area contributed by atoms with Gasteiger partial charge in [-0.05, 0) is 42.7 Å². The van der Waals surface area contributed by atoms with Gasteiger partial charge < -0.3 is 20.5 Å². The number of hydrogen-bond donors (Lipinski definition) is 3. The fraction of sp³-hybridized carbons (Fsp3) is 0.280. The summed E-state index contributed by atoms with van der Waals surface area (Å²) in [5, 5.41) is 19.1. The molecule has 0 aliphatic heterocycles. The van der Waals surface area contributed by atoms with E-state index in [0.29, 0.717) is 28.5 Å². The van der Waals surface area contributed by atoms with Gasteiger partial charge in [0.25, 0.3) is 11.8 Å². The van der Waals surface area contributed by atoms with Crippen molar-refractivity contribution in [2.75, 3.05) is 7.11 Å². The number of aryl methyl sites for hydroxylation is 1. The number of hydrogen-bond acceptors (Lipinski definition) is 5. The maximum atomic E-state index is 12.8. The second-order valence-electron chi connectivity index (χ2n) is 8.22. The maximum absolute atomic E-state index is 12.8. The van der Waals surface area contributed by atoms with Crippen molar-refractivity contribution in [2.45, 2.75) is 31.8 Å². The molecule has 176 valence electrons. The van der Waals surface area contributed by atoms with Crippen LogP contribution in [0, 0.1) is 0 Å². The van der Waals surface area contributed by atoms with E-state index < -0.39 is 5.97 Å². The molecule has 1 aliphatic rings. The number of amides is 2. The average molecular weight is 463 g/mol. The number of carbonyl (C=O) groups excluding carboxylic acids is 2. The van der Waals surface area contributed by atoms with Gasteiger partial charge in [0, 0.05) is 31.6 Å². The molecule has 1 saturated carbocycles. The molecule has 34 heavy (non-hydrogen) atoms. The van der Waals surface area contributed by atoms with E-state index in [1.165, 1.54) is 19.2 Å². The van der Waals surface area contributed by atoms with Gasteiger partial charge in [0.15, 0.2) is 0 Å². The lowest BCUT2D eigenvalue weighted by atomic mass is 10.1. The first-order chi connectivity index (χ1) is 16.4. The number of nitrogens with one attached hydrogen (secondary N) is 2. The van der Waals surface area contributed by atoms with E-state index in [2.05, 4.69) is 15.7 Å². The largest absolute Gasteiger partial charge is 0.496 e. The second kappa shape index (κ2) is 9.78. The molecule has 1 aliphatic carbocycles. The van der Waals surface area contributed by atoms with Crippen LogP contribution < -0.4 is 15.4 Å². The van der Waals surface area contributed by atoms with Gasteiger partial charge >= 0.3 is 5.97 Å². The van der Waals surface area contributed by atoms with Crippen LogP contribution in [-0.4, -0.2) is 39.8 Å². The van der Waals surface area contributed by atoms with Crippen LogP contribution in [0.2, 0.25) is 0 Å². The monoisotopic (exact) mass is 462 g/mol. The van der Waals surface area contributed by atoms with E-state index in [4.69, 9.17) is 9.84 Å². The molecule has 0 spiro atoms. The minimum Gasteiger partial charge on any atom is -0.496 e. The summed E-state index contributed by atoms with van der Waals surface area (Å²) in [6.07, 6.45) is 2.22. The molecule has 1 aromatic heterocycles. The molecule has 3 aromatic rings. The Bertz CT molecular complexity index is 1230. The summed E-state index contributed by atoms with van der Waals surface area (Å²) in [4.78, 5) is 36.5. The summed E-state index contributed by atoms with van der Waals surface area (Å²) in [7, 11) is 3.23. The second-order valence-corrected chi connectivity index (χ2v) is 8.22. The van der Waals surface area contributed by atoms with Crippen molar-refractivity contribution in [3.05, 3.63) is 82.2 Å². The van der Waals surface area contributed by atoms with E-state index in [1.807, 2.05) is 6.07 Å². The fourth-order valence-corrected chi connectivity index (χ4v) is 3.73. The summed E-state index contributed by atoms with van der Waals surface area (Å²) in [6, 6.07) is 13.3. The van der Waals surface area contributed by atoms with Crippen LogP contribution in [0.3, 0.4) is 0 Å². The highest BCUT2D eigenvalue weighted by atomic mass is 16.5. The molecule has 2 amide bonds. The highest BCUT2D eigenvalue weighted by Gasteiger charge is 2.28. The van der Waals surface area contributed by atoms with E-state index >= 15 is 0 Å². The highest BCUT2D eigenvalue weighted by molar-refractivity contribution is 5.97. The van der Waals surface area contributed by atoms with E-state index in [-0.39, 0.29) is 30.5 Å². The molecule has 9 heteroatoms. The van der Waals surface area contributed by atoms with Gasteiger partial charge in [0.05, 0.1) is 23.9 Å². The van der Waals surface area contributed by atoms with E-state index in [1.54, 1.807) is 42.1 Å². The molecule has 2 aromatic carbocycles. The quantitative estimate of drug-likeness (QED) is 0.449. The van der Waals surface area contributed by atoms with Gasteiger partial charge in [-0.1, -0.05) is 24.3 Å². The van der Waals surface area contributed by atoms with Crippen LogP contribution in [0.15, 0.2) is 48.5 Å². The van der Waals surface area contributed by atoms with Crippen molar-refractivity contribution < 1.29 is 24.2 Å². The topological polar surface area (TPSA) is 123 Å². The third-order valence-electron chi connectivity index (χ3n) is 5.77. The Hall–Kier alpha value is -4.14. The summed E-state index contributed by atoms with van der Waals surface area (Å²) < 4.78 is 7.09. The number of nitrogens with zero attached hydrogens (tertiary/aromatic N) is 2. The van der Waals surface area contributed by atoms with Crippen molar-refractivity contribution in [1.82, 2.24) is 20.4 Å². The normalized spacial score (nSPS) is 12.8. The number of aromatic carboxylic acids is 1. The van der Waals surface area contributed by atoms with Crippen LogP contribution in [0.5, 0.6) is 5.75 Å². The standard InChI is InChI=1S/C25H26N4O5/c1-29-21(12-20(28-29)16-10-11-16)24(31)27-14-18-4-3-5-19(22(18)34-2)23(30)26-13-15-6-8-17(9-7-15)25(32)33/h3-9,12,16H,10-11,13-14H2,1-2H3,(H,26,30)(H,27,31)(H,32,33). The number of carboxylic acids is 1. The number of ether oxygens (including phenoxy) is 1. The summed E-state index contributed by atoms with van der Waals surface area (Å²) >= 11 is 0. The van der Waals surface area contributed by atoms with E-state index in [0.717, 1.165) is 24.1 Å². The van der Waals surface area contributed by atoms with Gasteiger partial charge in [-0.3, -0.25) is 14.3 Å². The van der Waals surface area contributed by atoms with Gasteiger partial charge in [-0.15, -0.1) is 0 Å². The minimum atomic E-state index is -1.00. The Labute approximate surface area is 196 Å². The predicted octanol–water partition coefficient (Wildman–Crippen LogP) is 2.86. The van der Waals surface area contributed by atoms with Crippen LogP contribution in [0.1, 0.15) is 66.8 Å². The molecule has 1 fully saturated rings.